The Morgan fingerprint density at radius 1 is 1.07 bits per heavy atom. The van der Waals surface area contributed by atoms with Crippen LogP contribution in [-0.2, 0) is 13.0 Å². The van der Waals surface area contributed by atoms with Crippen LogP contribution in [0.4, 0.5) is 4.39 Å². The molecule has 0 saturated carbocycles. The third-order valence-electron chi connectivity index (χ3n) is 4.59. The van der Waals surface area contributed by atoms with Crippen molar-refractivity contribution in [3.63, 3.8) is 0 Å². The van der Waals surface area contributed by atoms with Gasteiger partial charge in [0.15, 0.2) is 0 Å². The first kappa shape index (κ1) is 18.6. The van der Waals surface area contributed by atoms with Gasteiger partial charge in [-0.15, -0.1) is 0 Å². The summed E-state index contributed by atoms with van der Waals surface area (Å²) in [6, 6.07) is 14.9. The van der Waals surface area contributed by atoms with Crippen molar-refractivity contribution in [1.29, 1.82) is 0 Å². The Bertz CT molecular complexity index is 1290. The van der Waals surface area contributed by atoms with Gasteiger partial charge in [0.2, 0.25) is 5.71 Å². The predicted molar refractivity (Wildman–Crippen MR) is 106 cm³/mol. The molecule has 0 aliphatic carbocycles. The molecule has 0 unspecified atom stereocenters. The molecule has 0 bridgehead atoms. The molecule has 0 aliphatic rings. The summed E-state index contributed by atoms with van der Waals surface area (Å²) in [7, 11) is 0. The number of aryl methyl sites for hydroxylation is 1. The lowest BCUT2D eigenvalue weighted by atomic mass is 10.0. The second-order valence-electron chi connectivity index (χ2n) is 6.45. The summed E-state index contributed by atoms with van der Waals surface area (Å²) in [5.41, 5.74) is 2.04. The molecule has 4 rings (SSSR count). The quantitative estimate of drug-likeness (QED) is 0.558. The summed E-state index contributed by atoms with van der Waals surface area (Å²) in [5.74, 6) is -0.312. The van der Waals surface area contributed by atoms with Crippen molar-refractivity contribution in [2.45, 2.75) is 20.0 Å². The number of halogens is 1. The van der Waals surface area contributed by atoms with Crippen LogP contribution in [0.5, 0.6) is 6.01 Å². The van der Waals surface area contributed by atoms with Crippen LogP contribution in [0.25, 0.3) is 22.2 Å². The monoisotopic (exact) mass is 392 g/mol. The number of nitrogens with one attached hydrogen (secondary N) is 1. The number of hydrogen-bond donors (Lipinski definition) is 1. The van der Waals surface area contributed by atoms with E-state index in [2.05, 4.69) is 9.97 Å². The molecule has 2 aromatic carbocycles. The van der Waals surface area contributed by atoms with Crippen molar-refractivity contribution in [3.8, 4) is 17.1 Å². The van der Waals surface area contributed by atoms with E-state index in [1.807, 2.05) is 31.2 Å². The fraction of sp³-hybridized carbons (Fsp3) is 0.136. The normalized spacial score (nSPS) is 11.0. The molecular weight excluding hydrogens is 375 g/mol. The highest BCUT2D eigenvalue weighted by molar-refractivity contribution is 5.75. The smallest absolute Gasteiger partial charge is 0.337 e. The van der Waals surface area contributed by atoms with E-state index >= 15 is 0 Å². The molecular formula is C22H17FN2O4. The number of H-pyrrole nitrogens is 1. The highest BCUT2D eigenvalue weighted by atomic mass is 19.1. The van der Waals surface area contributed by atoms with Gasteiger partial charge >= 0.3 is 5.63 Å². The predicted octanol–water partition coefficient (Wildman–Crippen LogP) is 3.82. The van der Waals surface area contributed by atoms with E-state index in [9.17, 15) is 14.0 Å². The molecule has 2 aromatic heterocycles. The minimum Gasteiger partial charge on any atom is -0.460 e. The van der Waals surface area contributed by atoms with E-state index in [0.29, 0.717) is 12.0 Å². The zero-order chi connectivity index (χ0) is 20.4. The van der Waals surface area contributed by atoms with Crippen LogP contribution in [0.1, 0.15) is 18.1 Å². The highest BCUT2D eigenvalue weighted by Crippen LogP contribution is 2.25. The summed E-state index contributed by atoms with van der Waals surface area (Å²) in [6.07, 6.45) is 0.498. The fourth-order valence-corrected chi connectivity index (χ4v) is 3.18. The number of fused-ring (bicyclic) bond motifs is 1. The molecule has 4 aromatic rings. The summed E-state index contributed by atoms with van der Waals surface area (Å²) >= 11 is 0. The van der Waals surface area contributed by atoms with Gasteiger partial charge in [-0.05, 0) is 40.8 Å². The second kappa shape index (κ2) is 7.71. The number of ether oxygens (including phenoxy) is 1. The lowest BCUT2D eigenvalue weighted by Gasteiger charge is -2.11. The van der Waals surface area contributed by atoms with Crippen LogP contribution >= 0.6 is 0 Å². The van der Waals surface area contributed by atoms with Gasteiger partial charge < -0.3 is 9.15 Å². The molecule has 6 nitrogen and oxygen atoms in total. The highest BCUT2D eigenvalue weighted by Gasteiger charge is 2.13. The number of hydrogen-bond acceptors (Lipinski definition) is 5. The van der Waals surface area contributed by atoms with Crippen LogP contribution in [-0.4, -0.2) is 9.97 Å². The molecule has 7 heteroatoms. The third-order valence-corrected chi connectivity index (χ3v) is 4.59. The Morgan fingerprint density at radius 2 is 1.83 bits per heavy atom. The Kier molecular flexibility index (Phi) is 4.95. The van der Waals surface area contributed by atoms with Gasteiger partial charge in [-0.1, -0.05) is 43.3 Å². The maximum absolute atomic E-state index is 13.2. The van der Waals surface area contributed by atoms with Gasteiger partial charge in [0.25, 0.3) is 11.6 Å². The van der Waals surface area contributed by atoms with E-state index in [4.69, 9.17) is 9.15 Å². The molecule has 2 heterocycles. The second-order valence-corrected chi connectivity index (χ2v) is 6.45. The van der Waals surface area contributed by atoms with Crippen molar-refractivity contribution in [1.82, 2.24) is 9.97 Å². The maximum atomic E-state index is 13.2. The van der Waals surface area contributed by atoms with Crippen molar-refractivity contribution < 1.29 is 13.5 Å². The molecule has 1 N–H and O–H groups in total. The summed E-state index contributed by atoms with van der Waals surface area (Å²) in [6.45, 7) is 1.95. The largest absolute Gasteiger partial charge is 0.460 e. The number of aromatic nitrogens is 2. The molecule has 29 heavy (non-hydrogen) atoms. The topological polar surface area (TPSA) is 85.2 Å². The summed E-state index contributed by atoms with van der Waals surface area (Å²) < 4.78 is 24.0. The molecule has 0 amide bonds. The first-order valence-corrected chi connectivity index (χ1v) is 9.09. The van der Waals surface area contributed by atoms with Crippen molar-refractivity contribution in [3.05, 3.63) is 92.3 Å². The molecule has 0 aliphatic heterocycles. The van der Waals surface area contributed by atoms with Gasteiger partial charge in [0.1, 0.15) is 17.8 Å². The molecule has 0 spiro atoms. The number of benzene rings is 2. The molecule has 0 saturated heterocycles. The van der Waals surface area contributed by atoms with Gasteiger partial charge in [-0.2, -0.15) is 4.98 Å². The van der Waals surface area contributed by atoms with Crippen LogP contribution in [0.2, 0.25) is 0 Å². The maximum Gasteiger partial charge on any atom is 0.337 e. The lowest BCUT2D eigenvalue weighted by molar-refractivity contribution is 0.280. The average molecular weight is 392 g/mol. The van der Waals surface area contributed by atoms with E-state index < -0.39 is 11.2 Å². The van der Waals surface area contributed by atoms with Crippen LogP contribution in [0.15, 0.2) is 68.6 Å². The zero-order valence-electron chi connectivity index (χ0n) is 15.6. The van der Waals surface area contributed by atoms with Crippen LogP contribution in [0, 0.1) is 5.82 Å². The van der Waals surface area contributed by atoms with E-state index in [0.717, 1.165) is 16.7 Å². The number of aromatic amines is 1. The standard InChI is InChI=1S/C22H17FN2O4/c1-2-13-11-18(26)29-21-19(13)20(27)24-22(25-21)28-12-15-5-3-4-6-17(15)14-7-9-16(23)10-8-14/h3-11H,2,12H2,1H3,(H,24,25,27). The van der Waals surface area contributed by atoms with E-state index in [1.54, 1.807) is 12.1 Å². The fourth-order valence-electron chi connectivity index (χ4n) is 3.18. The number of rotatable bonds is 5. The Hall–Kier alpha value is -3.74. The molecule has 0 radical (unpaired) electrons. The Morgan fingerprint density at radius 3 is 2.59 bits per heavy atom. The van der Waals surface area contributed by atoms with Crippen molar-refractivity contribution >= 4 is 11.1 Å². The van der Waals surface area contributed by atoms with E-state index in [1.165, 1.54) is 18.2 Å². The SMILES string of the molecule is CCc1cc(=O)oc2nc(OCc3ccccc3-c3ccc(F)cc3)[nH]c(=O)c12. The number of nitrogens with zero attached hydrogens (tertiary/aromatic N) is 1. The molecule has 0 atom stereocenters. The average Bonchev–Trinajstić information content (AvgIpc) is 2.72. The van der Waals surface area contributed by atoms with Gasteiger partial charge in [0, 0.05) is 6.07 Å². The first-order valence-electron chi connectivity index (χ1n) is 9.09. The van der Waals surface area contributed by atoms with Gasteiger partial charge in [0.05, 0.1) is 0 Å². The Labute approximate surface area is 164 Å². The lowest BCUT2D eigenvalue weighted by Crippen LogP contribution is -2.15. The molecule has 0 fully saturated rings. The van der Waals surface area contributed by atoms with Crippen molar-refractivity contribution in [2.24, 2.45) is 0 Å². The molecule has 146 valence electrons. The van der Waals surface area contributed by atoms with Gasteiger partial charge in [-0.3, -0.25) is 9.78 Å². The third kappa shape index (κ3) is 3.80. The first-order chi connectivity index (χ1) is 14.0. The van der Waals surface area contributed by atoms with Gasteiger partial charge in [-0.25, -0.2) is 9.18 Å². The van der Waals surface area contributed by atoms with E-state index in [-0.39, 0.29) is 29.5 Å². The minimum absolute atomic E-state index is 0.0483. The minimum atomic E-state index is -0.569. The summed E-state index contributed by atoms with van der Waals surface area (Å²) in [4.78, 5) is 30.9. The Balaban J connectivity index is 1.67. The zero-order valence-corrected chi connectivity index (χ0v) is 15.6. The van der Waals surface area contributed by atoms with Crippen LogP contribution in [0.3, 0.4) is 0 Å². The van der Waals surface area contributed by atoms with Crippen LogP contribution < -0.4 is 15.9 Å². The summed E-state index contributed by atoms with van der Waals surface area (Å²) in [5, 5.41) is 0.242. The van der Waals surface area contributed by atoms with Crippen molar-refractivity contribution in [2.75, 3.05) is 0 Å².